The van der Waals surface area contributed by atoms with Crippen LogP contribution in [0.15, 0.2) is 12.3 Å². The number of rotatable bonds is 5. The van der Waals surface area contributed by atoms with Gasteiger partial charge in [-0.15, -0.1) is 0 Å². The lowest BCUT2D eigenvalue weighted by molar-refractivity contribution is 0.0206. The van der Waals surface area contributed by atoms with Crippen LogP contribution in [0, 0.1) is 0 Å². The van der Waals surface area contributed by atoms with Crippen molar-refractivity contribution in [2.75, 3.05) is 25.0 Å². The van der Waals surface area contributed by atoms with Gasteiger partial charge in [-0.05, 0) is 32.8 Å². The molecule has 1 aromatic rings. The highest BCUT2D eigenvalue weighted by molar-refractivity contribution is 6.33. The van der Waals surface area contributed by atoms with E-state index >= 15 is 0 Å². The number of pyridine rings is 1. The van der Waals surface area contributed by atoms with E-state index in [9.17, 15) is 4.79 Å². The van der Waals surface area contributed by atoms with Gasteiger partial charge < -0.3 is 15.4 Å². The Morgan fingerprint density at radius 1 is 1.60 bits per heavy atom. The number of amides is 1. The van der Waals surface area contributed by atoms with Crippen molar-refractivity contribution in [2.45, 2.75) is 32.3 Å². The minimum absolute atomic E-state index is 0.181. The molecule has 1 aliphatic heterocycles. The van der Waals surface area contributed by atoms with Gasteiger partial charge in [0.15, 0.2) is 0 Å². The average Bonchev–Trinajstić information content (AvgIpc) is 2.86. The molecule has 1 unspecified atom stereocenters. The zero-order valence-corrected chi connectivity index (χ0v) is 12.6. The molecule has 1 aromatic heterocycles. The molecule has 5 nitrogen and oxygen atoms in total. The van der Waals surface area contributed by atoms with Gasteiger partial charge in [0.2, 0.25) is 0 Å². The molecule has 1 atom stereocenters. The predicted molar refractivity (Wildman–Crippen MR) is 79.3 cm³/mol. The van der Waals surface area contributed by atoms with Gasteiger partial charge in [-0.2, -0.15) is 0 Å². The first kappa shape index (κ1) is 15.1. The van der Waals surface area contributed by atoms with Gasteiger partial charge >= 0.3 is 0 Å². The van der Waals surface area contributed by atoms with E-state index in [1.54, 1.807) is 6.07 Å². The van der Waals surface area contributed by atoms with Gasteiger partial charge in [0.25, 0.3) is 5.91 Å². The number of anilines is 1. The van der Waals surface area contributed by atoms with Crippen LogP contribution in [0.5, 0.6) is 0 Å². The molecule has 0 radical (unpaired) electrons. The SMILES string of the molecule is CCNc1ncc(C(=O)NCC2(C)CCCO2)cc1Cl. The van der Waals surface area contributed by atoms with Crippen LogP contribution in [0.2, 0.25) is 5.02 Å². The van der Waals surface area contributed by atoms with E-state index in [1.165, 1.54) is 6.20 Å². The molecule has 6 heteroatoms. The fourth-order valence-electron chi connectivity index (χ4n) is 2.21. The summed E-state index contributed by atoms with van der Waals surface area (Å²) < 4.78 is 5.64. The lowest BCUT2D eigenvalue weighted by Gasteiger charge is -2.23. The average molecular weight is 298 g/mol. The molecule has 2 rings (SSSR count). The van der Waals surface area contributed by atoms with Crippen molar-refractivity contribution < 1.29 is 9.53 Å². The van der Waals surface area contributed by atoms with Crippen LogP contribution in [0.3, 0.4) is 0 Å². The summed E-state index contributed by atoms with van der Waals surface area (Å²) in [7, 11) is 0. The highest BCUT2D eigenvalue weighted by Crippen LogP contribution is 2.24. The zero-order valence-electron chi connectivity index (χ0n) is 11.8. The van der Waals surface area contributed by atoms with Crippen molar-refractivity contribution in [1.29, 1.82) is 0 Å². The zero-order chi connectivity index (χ0) is 14.6. The van der Waals surface area contributed by atoms with Crippen LogP contribution >= 0.6 is 11.6 Å². The standard InChI is InChI=1S/C14H20ClN3O2/c1-3-16-12-11(15)7-10(8-17-12)13(19)18-9-14(2)5-4-6-20-14/h7-8H,3-6,9H2,1-2H3,(H,16,17)(H,18,19). The second-order valence-electron chi connectivity index (χ2n) is 5.17. The molecule has 2 heterocycles. The van der Waals surface area contributed by atoms with E-state index in [2.05, 4.69) is 15.6 Å². The number of carbonyl (C=O) groups is 1. The maximum atomic E-state index is 12.1. The molecule has 0 spiro atoms. The fraction of sp³-hybridized carbons (Fsp3) is 0.571. The van der Waals surface area contributed by atoms with E-state index in [0.29, 0.717) is 22.9 Å². The lowest BCUT2D eigenvalue weighted by atomic mass is 10.0. The molecule has 2 N–H and O–H groups in total. The van der Waals surface area contributed by atoms with Crippen LogP contribution in [-0.2, 0) is 4.74 Å². The summed E-state index contributed by atoms with van der Waals surface area (Å²) in [6, 6.07) is 1.62. The smallest absolute Gasteiger partial charge is 0.253 e. The Kier molecular flexibility index (Phi) is 4.83. The van der Waals surface area contributed by atoms with Crippen LogP contribution < -0.4 is 10.6 Å². The maximum absolute atomic E-state index is 12.1. The molecule has 0 saturated carbocycles. The first-order valence-electron chi connectivity index (χ1n) is 6.86. The van der Waals surface area contributed by atoms with Crippen molar-refractivity contribution in [1.82, 2.24) is 10.3 Å². The Morgan fingerprint density at radius 2 is 2.40 bits per heavy atom. The highest BCUT2D eigenvalue weighted by Gasteiger charge is 2.30. The quantitative estimate of drug-likeness (QED) is 0.876. The summed E-state index contributed by atoms with van der Waals surface area (Å²) in [6.07, 6.45) is 3.53. The van der Waals surface area contributed by atoms with Gasteiger partial charge in [-0.25, -0.2) is 4.98 Å². The van der Waals surface area contributed by atoms with E-state index in [0.717, 1.165) is 26.0 Å². The summed E-state index contributed by atoms with van der Waals surface area (Å²) in [4.78, 5) is 16.2. The molecule has 110 valence electrons. The molecule has 0 bridgehead atoms. The molecule has 1 aliphatic rings. The van der Waals surface area contributed by atoms with Gasteiger partial charge in [0.1, 0.15) is 5.82 Å². The monoisotopic (exact) mass is 297 g/mol. The summed E-state index contributed by atoms with van der Waals surface area (Å²) in [5, 5.41) is 6.35. The van der Waals surface area contributed by atoms with Crippen LogP contribution in [-0.4, -0.2) is 36.2 Å². The number of hydrogen-bond acceptors (Lipinski definition) is 4. The van der Waals surface area contributed by atoms with Crippen molar-refractivity contribution >= 4 is 23.3 Å². The highest BCUT2D eigenvalue weighted by atomic mass is 35.5. The maximum Gasteiger partial charge on any atom is 0.253 e. The van der Waals surface area contributed by atoms with Crippen molar-refractivity contribution in [3.8, 4) is 0 Å². The Bertz CT molecular complexity index is 487. The first-order valence-corrected chi connectivity index (χ1v) is 7.23. The molecule has 1 fully saturated rings. The van der Waals surface area contributed by atoms with Crippen molar-refractivity contribution in [3.05, 3.63) is 22.8 Å². The number of nitrogens with zero attached hydrogens (tertiary/aromatic N) is 1. The second-order valence-corrected chi connectivity index (χ2v) is 5.58. The van der Waals surface area contributed by atoms with E-state index in [-0.39, 0.29) is 11.5 Å². The third-order valence-electron chi connectivity index (χ3n) is 3.37. The van der Waals surface area contributed by atoms with Crippen molar-refractivity contribution in [3.63, 3.8) is 0 Å². The molecule has 1 amide bonds. The lowest BCUT2D eigenvalue weighted by Crippen LogP contribution is -2.40. The van der Waals surface area contributed by atoms with Crippen LogP contribution in [0.25, 0.3) is 0 Å². The van der Waals surface area contributed by atoms with Gasteiger partial charge in [0.05, 0.1) is 16.2 Å². The normalized spacial score (nSPS) is 21.8. The molecule has 1 saturated heterocycles. The molecule has 0 aromatic carbocycles. The number of ether oxygens (including phenoxy) is 1. The van der Waals surface area contributed by atoms with Crippen LogP contribution in [0.4, 0.5) is 5.82 Å². The fourth-order valence-corrected chi connectivity index (χ4v) is 2.44. The van der Waals surface area contributed by atoms with Gasteiger partial charge in [0, 0.05) is 25.9 Å². The van der Waals surface area contributed by atoms with E-state index < -0.39 is 0 Å². The second kappa shape index (κ2) is 6.41. The number of carbonyl (C=O) groups excluding carboxylic acids is 1. The Hall–Kier alpha value is -1.33. The molecular weight excluding hydrogens is 278 g/mol. The summed E-state index contributed by atoms with van der Waals surface area (Å²) in [6.45, 7) is 5.96. The van der Waals surface area contributed by atoms with E-state index in [1.807, 2.05) is 13.8 Å². The number of hydrogen-bond donors (Lipinski definition) is 2. The topological polar surface area (TPSA) is 63.2 Å². The van der Waals surface area contributed by atoms with E-state index in [4.69, 9.17) is 16.3 Å². The number of halogens is 1. The summed E-state index contributed by atoms with van der Waals surface area (Å²) in [5.74, 6) is 0.413. The Balaban J connectivity index is 1.97. The third kappa shape index (κ3) is 3.61. The van der Waals surface area contributed by atoms with Crippen molar-refractivity contribution in [2.24, 2.45) is 0 Å². The first-order chi connectivity index (χ1) is 9.54. The van der Waals surface area contributed by atoms with Crippen LogP contribution in [0.1, 0.15) is 37.0 Å². The number of aromatic nitrogens is 1. The minimum atomic E-state index is -0.253. The van der Waals surface area contributed by atoms with Gasteiger partial charge in [-0.1, -0.05) is 11.6 Å². The Morgan fingerprint density at radius 3 is 3.00 bits per heavy atom. The number of nitrogens with one attached hydrogen (secondary N) is 2. The molecular formula is C14H20ClN3O2. The minimum Gasteiger partial charge on any atom is -0.373 e. The molecule has 0 aliphatic carbocycles. The third-order valence-corrected chi connectivity index (χ3v) is 3.66. The summed E-state index contributed by atoms with van der Waals surface area (Å²) >= 11 is 6.08. The van der Waals surface area contributed by atoms with Gasteiger partial charge in [-0.3, -0.25) is 4.79 Å². The summed E-state index contributed by atoms with van der Waals surface area (Å²) in [5.41, 5.74) is 0.203. The largest absolute Gasteiger partial charge is 0.373 e. The predicted octanol–water partition coefficient (Wildman–Crippen LogP) is 2.47. The Labute approximate surface area is 124 Å². The molecule has 20 heavy (non-hydrogen) atoms.